The Bertz CT molecular complexity index is 575. The minimum Gasteiger partial charge on any atom is -0.390 e. The van der Waals surface area contributed by atoms with Crippen molar-refractivity contribution in [3.63, 3.8) is 0 Å². The van der Waals surface area contributed by atoms with E-state index in [4.69, 9.17) is 0 Å². The Balaban J connectivity index is 0.000000300. The van der Waals surface area contributed by atoms with E-state index in [-0.39, 0.29) is 11.8 Å². The van der Waals surface area contributed by atoms with Gasteiger partial charge in [-0.3, -0.25) is 0 Å². The second-order valence-corrected chi connectivity index (χ2v) is 10.4. The van der Waals surface area contributed by atoms with Gasteiger partial charge in [0.1, 0.15) is 12.6 Å². The van der Waals surface area contributed by atoms with Gasteiger partial charge in [0, 0.05) is 11.8 Å². The Morgan fingerprint density at radius 3 is 1.90 bits per heavy atom. The molecule has 172 valence electrons. The summed E-state index contributed by atoms with van der Waals surface area (Å²) in [5.74, 6) is 0.496. The first-order valence-corrected chi connectivity index (χ1v) is 11.7. The van der Waals surface area contributed by atoms with Gasteiger partial charge in [0.25, 0.3) is 0 Å². The molecule has 0 aromatic carbocycles. The Hall–Kier alpha value is -1.26. The van der Waals surface area contributed by atoms with Crippen molar-refractivity contribution in [3.8, 4) is 0 Å². The summed E-state index contributed by atoms with van der Waals surface area (Å²) in [6.45, 7) is 7.39. The monoisotopic (exact) mass is 420 g/mol. The first-order chi connectivity index (χ1) is 14.0. The van der Waals surface area contributed by atoms with E-state index in [1.807, 2.05) is 27.7 Å². The molecule has 4 heteroatoms. The van der Waals surface area contributed by atoms with Crippen LogP contribution in [0.5, 0.6) is 0 Å². The summed E-state index contributed by atoms with van der Waals surface area (Å²) >= 11 is 0. The summed E-state index contributed by atoms with van der Waals surface area (Å²) in [5, 5.41) is 19.1. The maximum atomic E-state index is 10.7. The van der Waals surface area contributed by atoms with Crippen LogP contribution in [0, 0.1) is 11.8 Å². The quantitative estimate of drug-likeness (QED) is 0.351. The molecular weight excluding hydrogens is 376 g/mol. The number of carbonyl (C=O) groups excluding carboxylic acids is 2. The van der Waals surface area contributed by atoms with E-state index < -0.39 is 11.2 Å². The lowest BCUT2D eigenvalue weighted by Crippen LogP contribution is -2.18. The summed E-state index contributed by atoms with van der Waals surface area (Å²) in [6, 6.07) is 0. The van der Waals surface area contributed by atoms with Crippen molar-refractivity contribution in [1.29, 1.82) is 0 Å². The molecular formula is C26H44O4. The van der Waals surface area contributed by atoms with Crippen LogP contribution in [0.3, 0.4) is 0 Å². The zero-order valence-corrected chi connectivity index (χ0v) is 19.7. The van der Waals surface area contributed by atoms with E-state index in [0.717, 1.165) is 89.6 Å². The zero-order valence-electron chi connectivity index (χ0n) is 19.7. The van der Waals surface area contributed by atoms with Crippen molar-refractivity contribution in [2.75, 3.05) is 0 Å². The van der Waals surface area contributed by atoms with Crippen LogP contribution in [0.2, 0.25) is 0 Å². The van der Waals surface area contributed by atoms with E-state index in [0.29, 0.717) is 0 Å². The van der Waals surface area contributed by atoms with Crippen LogP contribution >= 0.6 is 0 Å². The summed E-state index contributed by atoms with van der Waals surface area (Å²) in [6.07, 6.45) is 18.5. The average Bonchev–Trinajstić information content (AvgIpc) is 2.67. The minimum atomic E-state index is -0.556. The molecule has 2 aliphatic carbocycles. The molecule has 0 heterocycles. The van der Waals surface area contributed by atoms with Crippen molar-refractivity contribution in [3.05, 3.63) is 23.3 Å². The van der Waals surface area contributed by atoms with E-state index in [2.05, 4.69) is 12.2 Å². The summed E-state index contributed by atoms with van der Waals surface area (Å²) in [5.41, 5.74) is 1.78. The molecule has 2 N–H and O–H groups in total. The second-order valence-electron chi connectivity index (χ2n) is 10.4. The van der Waals surface area contributed by atoms with Crippen LogP contribution < -0.4 is 0 Å². The lowest BCUT2D eigenvalue weighted by Gasteiger charge is -2.20. The fourth-order valence-corrected chi connectivity index (χ4v) is 4.10. The minimum absolute atomic E-state index is 0.243. The molecule has 0 amide bonds. The SMILES string of the molecule is CC(C)(O)CCCC1=CCC(C=O)CC1.CC(C)(O)CCCC1=CCCC(C=O)C1. The highest BCUT2D eigenvalue weighted by molar-refractivity contribution is 5.55. The number of hydrogen-bond donors (Lipinski definition) is 2. The molecule has 0 aromatic heterocycles. The molecule has 2 rings (SSSR count). The van der Waals surface area contributed by atoms with E-state index in [1.54, 1.807) is 0 Å². The number of rotatable bonds is 10. The molecule has 0 fully saturated rings. The third-order valence-electron chi connectivity index (χ3n) is 6.00. The van der Waals surface area contributed by atoms with Gasteiger partial charge in [-0.25, -0.2) is 0 Å². The second kappa shape index (κ2) is 13.2. The van der Waals surface area contributed by atoms with Crippen molar-refractivity contribution < 1.29 is 19.8 Å². The maximum Gasteiger partial charge on any atom is 0.123 e. The number of hydrogen-bond acceptors (Lipinski definition) is 4. The number of aliphatic hydroxyl groups is 2. The van der Waals surface area contributed by atoms with E-state index in [9.17, 15) is 19.8 Å². The molecule has 2 unspecified atom stereocenters. The topological polar surface area (TPSA) is 74.6 Å². The average molecular weight is 421 g/mol. The van der Waals surface area contributed by atoms with Crippen molar-refractivity contribution >= 4 is 12.6 Å². The van der Waals surface area contributed by atoms with Gasteiger partial charge in [0.05, 0.1) is 11.2 Å². The molecule has 4 nitrogen and oxygen atoms in total. The van der Waals surface area contributed by atoms with Crippen LogP contribution in [0.1, 0.15) is 105 Å². The normalized spacial score (nSPS) is 22.3. The number of carbonyl (C=O) groups is 2. The molecule has 2 aliphatic rings. The smallest absolute Gasteiger partial charge is 0.123 e. The number of allylic oxidation sites excluding steroid dienone is 4. The van der Waals surface area contributed by atoms with Crippen LogP contribution in [0.25, 0.3) is 0 Å². The Kier molecular flexibility index (Phi) is 11.8. The third-order valence-corrected chi connectivity index (χ3v) is 6.00. The van der Waals surface area contributed by atoms with E-state index >= 15 is 0 Å². The molecule has 0 aliphatic heterocycles. The van der Waals surface area contributed by atoms with Gasteiger partial charge >= 0.3 is 0 Å². The van der Waals surface area contributed by atoms with Crippen LogP contribution in [-0.4, -0.2) is 34.0 Å². The van der Waals surface area contributed by atoms with Gasteiger partial charge in [-0.2, -0.15) is 0 Å². The lowest BCUT2D eigenvalue weighted by molar-refractivity contribution is -0.112. The predicted octanol–water partition coefficient (Wildman–Crippen LogP) is 5.71. The largest absolute Gasteiger partial charge is 0.390 e. The zero-order chi connectivity index (χ0) is 22.6. The first kappa shape index (κ1) is 26.8. The van der Waals surface area contributed by atoms with Crippen molar-refractivity contribution in [1.82, 2.24) is 0 Å². The standard InChI is InChI=1S/2C13H22O2/c1-13(2,15)8-4-7-11-5-3-6-12(9-11)10-14;1-13(2,15)9-3-4-11-5-7-12(10-14)8-6-11/h2*5,10,12,15H,3-4,6-9H2,1-2H3. The molecule has 30 heavy (non-hydrogen) atoms. The van der Waals surface area contributed by atoms with Gasteiger partial charge < -0.3 is 19.8 Å². The van der Waals surface area contributed by atoms with Gasteiger partial charge in [-0.1, -0.05) is 23.3 Å². The molecule has 2 atom stereocenters. The molecule has 0 spiro atoms. The molecule has 0 saturated carbocycles. The molecule has 0 saturated heterocycles. The van der Waals surface area contributed by atoms with Crippen LogP contribution in [0.4, 0.5) is 0 Å². The highest BCUT2D eigenvalue weighted by Crippen LogP contribution is 2.27. The number of aldehydes is 2. The third kappa shape index (κ3) is 13.1. The highest BCUT2D eigenvalue weighted by atomic mass is 16.3. The summed E-state index contributed by atoms with van der Waals surface area (Å²) in [7, 11) is 0. The van der Waals surface area contributed by atoms with Crippen molar-refractivity contribution in [2.45, 2.75) is 116 Å². The van der Waals surface area contributed by atoms with E-state index in [1.165, 1.54) is 11.1 Å². The highest BCUT2D eigenvalue weighted by Gasteiger charge is 2.17. The van der Waals surface area contributed by atoms with Gasteiger partial charge in [0.2, 0.25) is 0 Å². The van der Waals surface area contributed by atoms with Crippen LogP contribution in [0.15, 0.2) is 23.3 Å². The maximum absolute atomic E-state index is 10.7. The Labute approximate surface area is 183 Å². The molecule has 0 bridgehead atoms. The van der Waals surface area contributed by atoms with Gasteiger partial charge in [-0.15, -0.1) is 0 Å². The Morgan fingerprint density at radius 2 is 1.43 bits per heavy atom. The molecule has 0 radical (unpaired) electrons. The summed E-state index contributed by atoms with van der Waals surface area (Å²) < 4.78 is 0. The lowest BCUT2D eigenvalue weighted by atomic mass is 9.87. The summed E-state index contributed by atoms with van der Waals surface area (Å²) in [4.78, 5) is 21.2. The fourth-order valence-electron chi connectivity index (χ4n) is 4.10. The fraction of sp³-hybridized carbons (Fsp3) is 0.769. The van der Waals surface area contributed by atoms with Crippen LogP contribution in [-0.2, 0) is 9.59 Å². The van der Waals surface area contributed by atoms with Crippen molar-refractivity contribution in [2.24, 2.45) is 11.8 Å². The predicted molar refractivity (Wildman–Crippen MR) is 123 cm³/mol. The van der Waals surface area contributed by atoms with Gasteiger partial charge in [-0.05, 0) is 105 Å². The molecule has 0 aromatic rings. The van der Waals surface area contributed by atoms with Gasteiger partial charge in [0.15, 0.2) is 0 Å². The first-order valence-electron chi connectivity index (χ1n) is 11.7. The Morgan fingerprint density at radius 1 is 0.867 bits per heavy atom.